The highest BCUT2D eigenvalue weighted by Crippen LogP contribution is 2.47. The van der Waals surface area contributed by atoms with Crippen molar-refractivity contribution in [2.45, 2.75) is 31.3 Å². The van der Waals surface area contributed by atoms with Gasteiger partial charge in [0.2, 0.25) is 0 Å². The first kappa shape index (κ1) is 20.7. The number of hydrogen-bond acceptors (Lipinski definition) is 3. The number of nitrogens with zero attached hydrogens (tertiary/aromatic N) is 1. The predicted octanol–water partition coefficient (Wildman–Crippen LogP) is 4.38. The minimum atomic E-state index is -1.14. The van der Waals surface area contributed by atoms with E-state index < -0.39 is 5.60 Å². The lowest BCUT2D eigenvalue weighted by molar-refractivity contribution is -0.0766. The van der Waals surface area contributed by atoms with Crippen molar-refractivity contribution in [2.75, 3.05) is 27.7 Å². The first-order valence-electron chi connectivity index (χ1n) is 9.77. The topological polar surface area (TPSA) is 32.7 Å². The molecule has 0 radical (unpaired) electrons. The van der Waals surface area contributed by atoms with Gasteiger partial charge in [0.25, 0.3) is 0 Å². The Hall–Kier alpha value is -1.98. The van der Waals surface area contributed by atoms with Crippen LogP contribution in [0.4, 0.5) is 8.78 Å². The molecule has 0 bridgehead atoms. The fourth-order valence-electron chi connectivity index (χ4n) is 4.52. The first-order chi connectivity index (χ1) is 13.3. The van der Waals surface area contributed by atoms with E-state index in [-0.39, 0.29) is 17.6 Å². The average Bonchev–Trinajstić information content (AvgIpc) is 2.66. The Balaban J connectivity index is 1.86. The quantitative estimate of drug-likeness (QED) is 0.796. The van der Waals surface area contributed by atoms with Gasteiger partial charge in [-0.2, -0.15) is 0 Å². The van der Waals surface area contributed by atoms with E-state index in [0.29, 0.717) is 30.2 Å². The van der Waals surface area contributed by atoms with Crippen molar-refractivity contribution in [1.29, 1.82) is 0 Å². The fourth-order valence-corrected chi connectivity index (χ4v) is 4.52. The summed E-state index contributed by atoms with van der Waals surface area (Å²) >= 11 is 0. The molecule has 1 aliphatic carbocycles. The summed E-state index contributed by atoms with van der Waals surface area (Å²) in [6.45, 7) is 0.691. The first-order valence-corrected chi connectivity index (χ1v) is 9.77. The molecule has 3 atom stereocenters. The zero-order chi connectivity index (χ0) is 20.3. The van der Waals surface area contributed by atoms with Gasteiger partial charge in [0.15, 0.2) is 0 Å². The van der Waals surface area contributed by atoms with Crippen molar-refractivity contribution < 1.29 is 18.6 Å². The normalized spacial score (nSPS) is 25.1. The van der Waals surface area contributed by atoms with Crippen molar-refractivity contribution in [3.05, 3.63) is 65.2 Å². The maximum absolute atomic E-state index is 14.0. The minimum Gasteiger partial charge on any atom is -0.496 e. The van der Waals surface area contributed by atoms with Crippen LogP contribution in [0, 0.1) is 23.5 Å². The third kappa shape index (κ3) is 4.53. The van der Waals surface area contributed by atoms with Gasteiger partial charge in [-0.25, -0.2) is 8.78 Å². The average molecular weight is 389 g/mol. The monoisotopic (exact) mass is 389 g/mol. The summed E-state index contributed by atoms with van der Waals surface area (Å²) in [4.78, 5) is 2.06. The molecule has 0 amide bonds. The van der Waals surface area contributed by atoms with Crippen molar-refractivity contribution in [3.8, 4) is 5.75 Å². The third-order valence-corrected chi connectivity index (χ3v) is 5.88. The maximum atomic E-state index is 14.0. The van der Waals surface area contributed by atoms with Crippen LogP contribution in [-0.4, -0.2) is 37.8 Å². The Bertz CT molecular complexity index is 794. The Morgan fingerprint density at radius 3 is 2.43 bits per heavy atom. The Morgan fingerprint density at radius 2 is 1.79 bits per heavy atom. The van der Waals surface area contributed by atoms with Crippen molar-refractivity contribution in [3.63, 3.8) is 0 Å². The highest BCUT2D eigenvalue weighted by molar-refractivity contribution is 5.39. The summed E-state index contributed by atoms with van der Waals surface area (Å²) < 4.78 is 32.6. The van der Waals surface area contributed by atoms with Crippen LogP contribution in [0.3, 0.4) is 0 Å². The Labute approximate surface area is 165 Å². The lowest BCUT2D eigenvalue weighted by Crippen LogP contribution is -2.45. The largest absolute Gasteiger partial charge is 0.496 e. The van der Waals surface area contributed by atoms with Gasteiger partial charge in [-0.15, -0.1) is 0 Å². The SMILES string of the molecule is COc1ccc(F)cc1C1(O)CCC(Cc2ccc(F)cc2)CC1CN(C)C. The summed E-state index contributed by atoms with van der Waals surface area (Å²) in [5.41, 5.74) is 0.489. The number of rotatable bonds is 6. The molecule has 1 fully saturated rings. The highest BCUT2D eigenvalue weighted by Gasteiger charge is 2.45. The van der Waals surface area contributed by atoms with E-state index in [1.54, 1.807) is 13.2 Å². The minimum absolute atomic E-state index is 0.0580. The molecule has 0 aliphatic heterocycles. The molecule has 0 saturated heterocycles. The van der Waals surface area contributed by atoms with Gasteiger partial charge in [0.05, 0.1) is 12.7 Å². The van der Waals surface area contributed by atoms with E-state index in [0.717, 1.165) is 24.8 Å². The summed E-state index contributed by atoms with van der Waals surface area (Å²) in [7, 11) is 5.50. The second-order valence-corrected chi connectivity index (χ2v) is 8.20. The van der Waals surface area contributed by atoms with Gasteiger partial charge in [-0.05, 0) is 81.6 Å². The number of ether oxygens (including phenoxy) is 1. The molecule has 2 aromatic rings. The second-order valence-electron chi connectivity index (χ2n) is 8.20. The third-order valence-electron chi connectivity index (χ3n) is 5.88. The standard InChI is InChI=1S/C23H29F2NO2/c1-26(2)15-18-13-17(12-16-4-6-19(24)7-5-16)10-11-23(18,27)21-14-20(25)8-9-22(21)28-3/h4-9,14,17-18,27H,10-13,15H2,1-3H3. The molecule has 2 aromatic carbocycles. The van der Waals surface area contributed by atoms with Crippen molar-refractivity contribution in [2.24, 2.45) is 11.8 Å². The number of hydrogen-bond donors (Lipinski definition) is 1. The van der Waals surface area contributed by atoms with E-state index in [4.69, 9.17) is 4.74 Å². The maximum Gasteiger partial charge on any atom is 0.125 e. The highest BCUT2D eigenvalue weighted by atomic mass is 19.1. The summed E-state index contributed by atoms with van der Waals surface area (Å²) in [6.07, 6.45) is 3.01. The number of aliphatic hydroxyl groups is 1. The molecule has 152 valence electrons. The van der Waals surface area contributed by atoms with Gasteiger partial charge in [0, 0.05) is 18.0 Å². The van der Waals surface area contributed by atoms with Crippen LogP contribution in [-0.2, 0) is 12.0 Å². The zero-order valence-corrected chi connectivity index (χ0v) is 16.8. The number of methoxy groups -OCH3 is 1. The van der Waals surface area contributed by atoms with Gasteiger partial charge in [-0.1, -0.05) is 12.1 Å². The second kappa shape index (κ2) is 8.58. The number of benzene rings is 2. The molecular formula is C23H29F2NO2. The molecule has 0 spiro atoms. The molecule has 1 N–H and O–H groups in total. The molecular weight excluding hydrogens is 360 g/mol. The molecule has 3 nitrogen and oxygen atoms in total. The van der Waals surface area contributed by atoms with Gasteiger partial charge in [-0.3, -0.25) is 0 Å². The lowest BCUT2D eigenvalue weighted by Gasteiger charge is -2.45. The molecule has 28 heavy (non-hydrogen) atoms. The van der Waals surface area contributed by atoms with E-state index in [1.807, 2.05) is 26.2 Å². The lowest BCUT2D eigenvalue weighted by atomic mass is 9.66. The molecule has 0 aromatic heterocycles. The predicted molar refractivity (Wildman–Crippen MR) is 106 cm³/mol. The van der Waals surface area contributed by atoms with Crippen LogP contribution in [0.2, 0.25) is 0 Å². The van der Waals surface area contributed by atoms with Crippen molar-refractivity contribution >= 4 is 0 Å². The van der Waals surface area contributed by atoms with Crippen LogP contribution in [0.5, 0.6) is 5.75 Å². The van der Waals surface area contributed by atoms with E-state index in [9.17, 15) is 13.9 Å². The van der Waals surface area contributed by atoms with E-state index >= 15 is 0 Å². The molecule has 3 rings (SSSR count). The molecule has 1 aliphatic rings. The fraction of sp³-hybridized carbons (Fsp3) is 0.478. The van der Waals surface area contributed by atoms with E-state index in [2.05, 4.69) is 4.90 Å². The Kier molecular flexibility index (Phi) is 6.36. The summed E-state index contributed by atoms with van der Waals surface area (Å²) in [6, 6.07) is 11.0. The molecule has 5 heteroatoms. The van der Waals surface area contributed by atoms with Gasteiger partial charge >= 0.3 is 0 Å². The molecule has 3 unspecified atom stereocenters. The van der Waals surface area contributed by atoms with Crippen LogP contribution < -0.4 is 4.74 Å². The molecule has 0 heterocycles. The smallest absolute Gasteiger partial charge is 0.125 e. The van der Waals surface area contributed by atoms with E-state index in [1.165, 1.54) is 24.3 Å². The van der Waals surface area contributed by atoms with Crippen LogP contribution in [0.15, 0.2) is 42.5 Å². The van der Waals surface area contributed by atoms with Crippen LogP contribution in [0.1, 0.15) is 30.4 Å². The van der Waals surface area contributed by atoms with Crippen LogP contribution >= 0.6 is 0 Å². The Morgan fingerprint density at radius 1 is 1.11 bits per heavy atom. The summed E-state index contributed by atoms with van der Waals surface area (Å²) in [5, 5.41) is 11.7. The summed E-state index contributed by atoms with van der Waals surface area (Å²) in [5.74, 6) is 0.240. The van der Waals surface area contributed by atoms with Crippen molar-refractivity contribution in [1.82, 2.24) is 4.90 Å². The zero-order valence-electron chi connectivity index (χ0n) is 16.8. The van der Waals surface area contributed by atoms with Gasteiger partial charge in [0.1, 0.15) is 17.4 Å². The van der Waals surface area contributed by atoms with Crippen LogP contribution in [0.25, 0.3) is 0 Å². The molecule has 1 saturated carbocycles. The van der Waals surface area contributed by atoms with Gasteiger partial charge < -0.3 is 14.7 Å². The number of halogens is 2.